The van der Waals surface area contributed by atoms with Gasteiger partial charge < -0.3 is 20.3 Å². The van der Waals surface area contributed by atoms with E-state index in [1.807, 2.05) is 7.05 Å². The third-order valence-electron chi connectivity index (χ3n) is 3.86. The second kappa shape index (κ2) is 7.70. The van der Waals surface area contributed by atoms with Crippen molar-refractivity contribution in [2.45, 2.75) is 32.2 Å². The highest BCUT2D eigenvalue weighted by molar-refractivity contribution is 5.79. The highest BCUT2D eigenvalue weighted by atomic mass is 16.5. The Morgan fingerprint density at radius 2 is 1.89 bits per heavy atom. The summed E-state index contributed by atoms with van der Waals surface area (Å²) in [5.41, 5.74) is 0.174. The summed E-state index contributed by atoms with van der Waals surface area (Å²) >= 11 is 0. The Labute approximate surface area is 117 Å². The van der Waals surface area contributed by atoms with Gasteiger partial charge in [-0.15, -0.1) is 0 Å². The van der Waals surface area contributed by atoms with Gasteiger partial charge in [0.25, 0.3) is 0 Å². The van der Waals surface area contributed by atoms with Gasteiger partial charge in [-0.1, -0.05) is 13.8 Å². The summed E-state index contributed by atoms with van der Waals surface area (Å²) in [4.78, 5) is 6.60. The molecule has 5 nitrogen and oxygen atoms in total. The van der Waals surface area contributed by atoms with Crippen LogP contribution in [0.15, 0.2) is 4.99 Å². The zero-order valence-corrected chi connectivity index (χ0v) is 13.1. The van der Waals surface area contributed by atoms with E-state index >= 15 is 0 Å². The van der Waals surface area contributed by atoms with Crippen molar-refractivity contribution >= 4 is 5.96 Å². The Morgan fingerprint density at radius 3 is 2.37 bits per heavy atom. The number of hydrogen-bond acceptors (Lipinski definition) is 3. The predicted molar refractivity (Wildman–Crippen MR) is 80.7 cm³/mol. The monoisotopic (exact) mass is 270 g/mol. The quantitative estimate of drug-likeness (QED) is 0.576. The molecule has 0 aromatic heterocycles. The zero-order valence-electron chi connectivity index (χ0n) is 13.1. The maximum Gasteiger partial charge on any atom is 0.191 e. The number of ether oxygens (including phenoxy) is 1. The van der Waals surface area contributed by atoms with Crippen LogP contribution >= 0.6 is 0 Å². The van der Waals surface area contributed by atoms with Crippen LogP contribution in [0.2, 0.25) is 0 Å². The van der Waals surface area contributed by atoms with E-state index in [9.17, 15) is 0 Å². The van der Waals surface area contributed by atoms with Gasteiger partial charge in [0.15, 0.2) is 5.96 Å². The van der Waals surface area contributed by atoms with Crippen LogP contribution in [-0.4, -0.2) is 63.8 Å². The lowest BCUT2D eigenvalue weighted by Gasteiger charge is -2.43. The molecule has 1 heterocycles. The van der Waals surface area contributed by atoms with Crippen LogP contribution in [0.25, 0.3) is 0 Å². The molecule has 0 unspecified atom stereocenters. The van der Waals surface area contributed by atoms with Crippen LogP contribution in [-0.2, 0) is 4.74 Å². The molecule has 0 aromatic rings. The molecule has 0 aliphatic carbocycles. The maximum absolute atomic E-state index is 5.49. The van der Waals surface area contributed by atoms with Crippen molar-refractivity contribution in [3.05, 3.63) is 0 Å². The Hall–Kier alpha value is -0.810. The largest absolute Gasteiger partial charge is 0.381 e. The average molecular weight is 270 g/mol. The second-order valence-corrected chi connectivity index (χ2v) is 5.93. The molecular formula is C14H30N4O. The summed E-state index contributed by atoms with van der Waals surface area (Å²) in [6.45, 7) is 7.93. The van der Waals surface area contributed by atoms with E-state index in [-0.39, 0.29) is 5.54 Å². The molecule has 1 saturated heterocycles. The molecule has 1 fully saturated rings. The summed E-state index contributed by atoms with van der Waals surface area (Å²) in [5.74, 6) is 1.51. The number of guanidine groups is 1. The summed E-state index contributed by atoms with van der Waals surface area (Å²) in [5, 5.41) is 6.81. The molecule has 0 amide bonds. The fraction of sp³-hybridized carbons (Fsp3) is 0.929. The molecule has 0 radical (unpaired) electrons. The van der Waals surface area contributed by atoms with Crippen molar-refractivity contribution in [2.24, 2.45) is 10.9 Å². The van der Waals surface area contributed by atoms with E-state index in [1.165, 1.54) is 0 Å². The Bertz CT molecular complexity index is 283. The van der Waals surface area contributed by atoms with Crippen LogP contribution in [0.3, 0.4) is 0 Å². The fourth-order valence-corrected chi connectivity index (χ4v) is 2.30. The Morgan fingerprint density at radius 1 is 1.26 bits per heavy atom. The van der Waals surface area contributed by atoms with Crippen molar-refractivity contribution in [3.63, 3.8) is 0 Å². The first-order valence-corrected chi connectivity index (χ1v) is 7.20. The van der Waals surface area contributed by atoms with E-state index < -0.39 is 0 Å². The van der Waals surface area contributed by atoms with Crippen molar-refractivity contribution in [3.8, 4) is 0 Å². The SMILES string of the molecule is CN=C(NCC(C)C)NCC1(N(C)C)CCOCC1. The Kier molecular flexibility index (Phi) is 6.58. The molecule has 2 N–H and O–H groups in total. The standard InChI is InChI=1S/C14H30N4O/c1-12(2)10-16-13(15-3)17-11-14(18(4)5)6-8-19-9-7-14/h12H,6-11H2,1-5H3,(H2,15,16,17). The summed E-state index contributed by atoms with van der Waals surface area (Å²) in [7, 11) is 6.12. The minimum Gasteiger partial charge on any atom is -0.381 e. The molecule has 0 atom stereocenters. The summed E-state index contributed by atoms with van der Waals surface area (Å²) < 4.78 is 5.49. The highest BCUT2D eigenvalue weighted by Crippen LogP contribution is 2.24. The van der Waals surface area contributed by atoms with Gasteiger partial charge in [-0.3, -0.25) is 4.99 Å². The first-order chi connectivity index (χ1) is 9.00. The van der Waals surface area contributed by atoms with Crippen LogP contribution in [0.5, 0.6) is 0 Å². The molecule has 0 saturated carbocycles. The molecule has 0 spiro atoms. The number of rotatable bonds is 5. The number of aliphatic imine (C=N–C) groups is 1. The van der Waals surface area contributed by atoms with E-state index in [4.69, 9.17) is 4.74 Å². The number of hydrogen-bond donors (Lipinski definition) is 2. The van der Waals surface area contributed by atoms with E-state index in [2.05, 4.69) is 48.5 Å². The average Bonchev–Trinajstić information content (AvgIpc) is 2.39. The fourth-order valence-electron chi connectivity index (χ4n) is 2.30. The van der Waals surface area contributed by atoms with Gasteiger partial charge in [0.1, 0.15) is 0 Å². The van der Waals surface area contributed by atoms with Crippen molar-refractivity contribution in [2.75, 3.05) is 47.4 Å². The predicted octanol–water partition coefficient (Wildman–Crippen LogP) is 0.918. The molecule has 5 heteroatoms. The summed E-state index contributed by atoms with van der Waals surface area (Å²) in [6, 6.07) is 0. The van der Waals surface area contributed by atoms with Crippen LogP contribution < -0.4 is 10.6 Å². The van der Waals surface area contributed by atoms with Crippen LogP contribution in [0.1, 0.15) is 26.7 Å². The molecule has 1 aliphatic rings. The summed E-state index contributed by atoms with van der Waals surface area (Å²) in [6.07, 6.45) is 2.13. The van der Waals surface area contributed by atoms with E-state index in [1.54, 1.807) is 0 Å². The Balaban J connectivity index is 2.50. The molecule has 112 valence electrons. The minimum absolute atomic E-state index is 0.174. The lowest BCUT2D eigenvalue weighted by molar-refractivity contribution is -0.00501. The molecular weight excluding hydrogens is 240 g/mol. The van der Waals surface area contributed by atoms with Crippen molar-refractivity contribution < 1.29 is 4.74 Å². The van der Waals surface area contributed by atoms with Gasteiger partial charge in [-0.05, 0) is 32.9 Å². The molecule has 19 heavy (non-hydrogen) atoms. The number of likely N-dealkylation sites (N-methyl/N-ethyl adjacent to an activating group) is 1. The lowest BCUT2D eigenvalue weighted by Crippen LogP contribution is -2.57. The van der Waals surface area contributed by atoms with Gasteiger partial charge in [0.2, 0.25) is 0 Å². The van der Waals surface area contributed by atoms with Crippen LogP contribution in [0, 0.1) is 5.92 Å². The first kappa shape index (κ1) is 16.2. The molecule has 0 bridgehead atoms. The first-order valence-electron chi connectivity index (χ1n) is 7.20. The van der Waals surface area contributed by atoms with Crippen LogP contribution in [0.4, 0.5) is 0 Å². The van der Waals surface area contributed by atoms with Gasteiger partial charge >= 0.3 is 0 Å². The molecule has 1 aliphatic heterocycles. The van der Waals surface area contributed by atoms with Gasteiger partial charge in [-0.25, -0.2) is 0 Å². The lowest BCUT2D eigenvalue weighted by atomic mass is 9.88. The minimum atomic E-state index is 0.174. The molecule has 0 aromatic carbocycles. The smallest absolute Gasteiger partial charge is 0.191 e. The van der Waals surface area contributed by atoms with E-state index in [0.29, 0.717) is 5.92 Å². The van der Waals surface area contributed by atoms with Gasteiger partial charge in [0.05, 0.1) is 0 Å². The van der Waals surface area contributed by atoms with Crippen molar-refractivity contribution in [1.29, 1.82) is 0 Å². The maximum atomic E-state index is 5.49. The number of nitrogens with zero attached hydrogens (tertiary/aromatic N) is 2. The zero-order chi connectivity index (χ0) is 14.3. The topological polar surface area (TPSA) is 48.9 Å². The highest BCUT2D eigenvalue weighted by Gasteiger charge is 2.34. The van der Waals surface area contributed by atoms with Gasteiger partial charge in [0, 0.05) is 38.9 Å². The van der Waals surface area contributed by atoms with Crippen molar-refractivity contribution in [1.82, 2.24) is 15.5 Å². The molecule has 1 rings (SSSR count). The third-order valence-corrected chi connectivity index (χ3v) is 3.86. The third kappa shape index (κ3) is 4.99. The second-order valence-electron chi connectivity index (χ2n) is 5.93. The van der Waals surface area contributed by atoms with E-state index in [0.717, 1.165) is 45.1 Å². The van der Waals surface area contributed by atoms with Gasteiger partial charge in [-0.2, -0.15) is 0 Å². The normalized spacial score (nSPS) is 19.8. The number of nitrogens with one attached hydrogen (secondary N) is 2.